The number of rotatable bonds is 10. The summed E-state index contributed by atoms with van der Waals surface area (Å²) in [5.74, 6) is -0.342. The molecule has 3 heterocycles. The number of nitrogens with one attached hydrogen (secondary N) is 1. The molecule has 10 nitrogen and oxygen atoms in total. The molecule has 2 fully saturated rings. The molecule has 0 spiro atoms. The van der Waals surface area contributed by atoms with E-state index in [1.807, 2.05) is 78.9 Å². The maximum Gasteiger partial charge on any atom is 0.408 e. The molecule has 12 heteroatoms. The molecule has 0 saturated carbocycles. The van der Waals surface area contributed by atoms with Crippen LogP contribution in [-0.2, 0) is 37.0 Å². The zero-order chi connectivity index (χ0) is 33.7. The third-order valence-electron chi connectivity index (χ3n) is 8.33. The van der Waals surface area contributed by atoms with E-state index in [1.54, 1.807) is 41.3 Å². The molecule has 2 aliphatic rings. The average molecular weight is 696 g/mol. The fraction of sp³-hybridized carbons (Fsp3) is 0.243. The van der Waals surface area contributed by atoms with Crippen molar-refractivity contribution < 1.29 is 33.7 Å². The molecule has 49 heavy (non-hydrogen) atoms. The van der Waals surface area contributed by atoms with E-state index < -0.39 is 30.2 Å². The van der Waals surface area contributed by atoms with Crippen molar-refractivity contribution in [1.82, 2.24) is 10.3 Å². The van der Waals surface area contributed by atoms with Crippen molar-refractivity contribution in [1.29, 1.82) is 0 Å². The van der Waals surface area contributed by atoms with E-state index in [2.05, 4.69) is 11.4 Å². The molecule has 4 atom stereocenters. The Bertz CT molecular complexity index is 1920. The van der Waals surface area contributed by atoms with Crippen molar-refractivity contribution >= 4 is 56.9 Å². The number of carbonyl (C=O) groups is 3. The summed E-state index contributed by atoms with van der Waals surface area (Å²) in [5.41, 5.74) is 4.53. The number of aromatic nitrogens is 1. The number of benzene rings is 4. The molecule has 5 aromatic rings. The van der Waals surface area contributed by atoms with E-state index in [9.17, 15) is 19.5 Å². The minimum Gasteiger partial charge on any atom is -0.445 e. The number of nitrogens with zero attached hydrogens (tertiary/aromatic N) is 2. The number of thioether (sulfide) groups is 1. The van der Waals surface area contributed by atoms with Gasteiger partial charge in [0.2, 0.25) is 5.91 Å². The second-order valence-electron chi connectivity index (χ2n) is 11.7. The maximum atomic E-state index is 13.4. The number of aliphatic hydroxyl groups is 1. The number of hydrogen-bond donors (Lipinski definition) is 2. The number of imide groups is 1. The number of thiazole rings is 1. The maximum absolute atomic E-state index is 13.4. The van der Waals surface area contributed by atoms with Crippen LogP contribution in [0.25, 0.3) is 10.2 Å². The molecule has 7 rings (SSSR count). The van der Waals surface area contributed by atoms with Gasteiger partial charge in [0.05, 0.1) is 41.1 Å². The molecule has 0 radical (unpaired) electrons. The zero-order valence-corrected chi connectivity index (χ0v) is 27.9. The summed E-state index contributed by atoms with van der Waals surface area (Å²) >= 11 is 3.28. The number of para-hydroxylation sites is 1. The van der Waals surface area contributed by atoms with Crippen LogP contribution in [0.2, 0.25) is 0 Å². The molecule has 2 saturated heterocycles. The second kappa shape index (κ2) is 14.9. The third kappa shape index (κ3) is 7.69. The van der Waals surface area contributed by atoms with Crippen molar-refractivity contribution in [2.24, 2.45) is 0 Å². The molecular weight excluding hydrogens is 663 g/mol. The van der Waals surface area contributed by atoms with Gasteiger partial charge in [-0.25, -0.2) is 14.7 Å². The Morgan fingerprint density at radius 2 is 1.73 bits per heavy atom. The predicted octanol–water partition coefficient (Wildman–Crippen LogP) is 6.68. The van der Waals surface area contributed by atoms with Crippen molar-refractivity contribution in [2.75, 3.05) is 10.7 Å². The first-order valence-electron chi connectivity index (χ1n) is 15.9. The van der Waals surface area contributed by atoms with Crippen molar-refractivity contribution in [3.05, 3.63) is 125 Å². The summed E-state index contributed by atoms with van der Waals surface area (Å²) in [6.07, 6.45) is -1.65. The minimum atomic E-state index is -1.04. The van der Waals surface area contributed by atoms with Crippen LogP contribution >= 0.6 is 23.1 Å². The molecule has 1 unspecified atom stereocenters. The van der Waals surface area contributed by atoms with E-state index in [-0.39, 0.29) is 31.8 Å². The topological polar surface area (TPSA) is 127 Å². The number of fused-ring (bicyclic) bond motifs is 1. The molecule has 2 aliphatic heterocycles. The first kappa shape index (κ1) is 32.9. The summed E-state index contributed by atoms with van der Waals surface area (Å²) in [6, 6.07) is 30.8. The number of anilines is 1. The SMILES string of the molecule is O=C(NC1CC(=O)N(c2cccc([C@@H]3O[C@H](CSc4nc5ccccc5s4)C[C@H](c4ccc(CO)cc4)O3)c2)C1=O)OCc1ccccc1. The monoisotopic (exact) mass is 695 g/mol. The first-order chi connectivity index (χ1) is 23.9. The Morgan fingerprint density at radius 3 is 2.53 bits per heavy atom. The highest BCUT2D eigenvalue weighted by atomic mass is 32.2. The average Bonchev–Trinajstić information content (AvgIpc) is 3.69. The predicted molar refractivity (Wildman–Crippen MR) is 186 cm³/mol. The van der Waals surface area contributed by atoms with Gasteiger partial charge < -0.3 is 24.6 Å². The minimum absolute atomic E-state index is 0.0430. The number of alkyl carbamates (subject to hydrolysis) is 1. The standard InChI is InChI=1S/C37H33N3O7S2/c41-20-23-13-15-25(16-14-23)31-18-28(22-48-37-39-29-11-4-5-12-32(29)49-37)46-35(47-31)26-9-6-10-27(17-26)40-33(42)19-30(34(40)43)38-36(44)45-21-24-7-2-1-3-8-24/h1-17,28,30-31,35,41H,18-22H2,(H,38,44)/t28-,30?,31+,35+/m0/s1. The Morgan fingerprint density at radius 1 is 0.939 bits per heavy atom. The smallest absolute Gasteiger partial charge is 0.408 e. The van der Waals surface area contributed by atoms with Gasteiger partial charge in [-0.1, -0.05) is 90.6 Å². The molecule has 250 valence electrons. The first-order valence-corrected chi connectivity index (χ1v) is 17.7. The van der Waals surface area contributed by atoms with Crippen LogP contribution in [0, 0.1) is 0 Å². The van der Waals surface area contributed by atoms with Gasteiger partial charge in [-0.3, -0.25) is 9.59 Å². The van der Waals surface area contributed by atoms with Crippen LogP contribution in [0.3, 0.4) is 0 Å². The normalized spacial score (nSPS) is 20.9. The van der Waals surface area contributed by atoms with Gasteiger partial charge in [0.15, 0.2) is 10.6 Å². The van der Waals surface area contributed by atoms with Crippen LogP contribution in [0.1, 0.15) is 47.5 Å². The van der Waals surface area contributed by atoms with Crippen LogP contribution in [0.15, 0.2) is 107 Å². The van der Waals surface area contributed by atoms with E-state index in [4.69, 9.17) is 19.2 Å². The highest BCUT2D eigenvalue weighted by Gasteiger charge is 2.41. The van der Waals surface area contributed by atoms with E-state index in [0.717, 1.165) is 36.1 Å². The highest BCUT2D eigenvalue weighted by molar-refractivity contribution is 8.01. The zero-order valence-electron chi connectivity index (χ0n) is 26.3. The Hall–Kier alpha value is -4.59. The van der Waals surface area contributed by atoms with E-state index >= 15 is 0 Å². The lowest BCUT2D eigenvalue weighted by molar-refractivity contribution is -0.245. The van der Waals surface area contributed by atoms with E-state index in [1.165, 1.54) is 0 Å². The summed E-state index contributed by atoms with van der Waals surface area (Å²) in [4.78, 5) is 44.8. The summed E-state index contributed by atoms with van der Waals surface area (Å²) in [6.45, 7) is -0.00763. The van der Waals surface area contributed by atoms with Crippen molar-refractivity contribution in [2.45, 2.75) is 54.9 Å². The third-order valence-corrected chi connectivity index (χ3v) is 10.6. The molecular formula is C37H33N3O7S2. The van der Waals surface area contributed by atoms with Crippen LogP contribution in [0.5, 0.6) is 0 Å². The molecule has 1 aromatic heterocycles. The van der Waals surface area contributed by atoms with Gasteiger partial charge in [0, 0.05) is 17.7 Å². The van der Waals surface area contributed by atoms with Crippen LogP contribution in [0.4, 0.5) is 10.5 Å². The number of amides is 3. The molecule has 3 amide bonds. The number of aliphatic hydroxyl groups excluding tert-OH is 1. The van der Waals surface area contributed by atoms with Crippen LogP contribution < -0.4 is 10.2 Å². The van der Waals surface area contributed by atoms with Gasteiger partial charge in [-0.2, -0.15) is 0 Å². The molecule has 2 N–H and O–H groups in total. The lowest BCUT2D eigenvalue weighted by Crippen LogP contribution is -2.42. The van der Waals surface area contributed by atoms with Crippen LogP contribution in [-0.4, -0.2) is 45.9 Å². The Kier molecular flexibility index (Phi) is 10.0. The fourth-order valence-corrected chi connectivity index (χ4v) is 7.95. The Labute approximate surface area is 291 Å². The van der Waals surface area contributed by atoms with E-state index in [0.29, 0.717) is 23.4 Å². The largest absolute Gasteiger partial charge is 0.445 e. The lowest BCUT2D eigenvalue weighted by atomic mass is 10.0. The highest BCUT2D eigenvalue weighted by Crippen LogP contribution is 2.41. The van der Waals surface area contributed by atoms with Gasteiger partial charge in [0.25, 0.3) is 5.91 Å². The summed E-state index contributed by atoms with van der Waals surface area (Å²) in [5, 5.41) is 12.1. The van der Waals surface area contributed by atoms with Crippen molar-refractivity contribution in [3.63, 3.8) is 0 Å². The number of hydrogen-bond acceptors (Lipinski definition) is 10. The van der Waals surface area contributed by atoms with Gasteiger partial charge >= 0.3 is 6.09 Å². The molecule has 4 aromatic carbocycles. The quantitative estimate of drug-likeness (QED) is 0.121. The molecule has 0 bridgehead atoms. The van der Waals surface area contributed by atoms with Gasteiger partial charge in [-0.15, -0.1) is 11.3 Å². The lowest BCUT2D eigenvalue weighted by Gasteiger charge is -2.36. The second-order valence-corrected chi connectivity index (χ2v) is 14.0. The number of ether oxygens (including phenoxy) is 3. The summed E-state index contributed by atoms with van der Waals surface area (Å²) in [7, 11) is 0. The fourth-order valence-electron chi connectivity index (χ4n) is 5.83. The Balaban J connectivity index is 1.06. The van der Waals surface area contributed by atoms with Crippen molar-refractivity contribution in [3.8, 4) is 0 Å². The number of carbonyl (C=O) groups excluding carboxylic acids is 3. The molecule has 0 aliphatic carbocycles. The summed E-state index contributed by atoms with van der Waals surface area (Å²) < 4.78 is 20.4. The van der Waals surface area contributed by atoms with Gasteiger partial charge in [-0.05, 0) is 41.0 Å². The van der Waals surface area contributed by atoms with Gasteiger partial charge in [0.1, 0.15) is 12.6 Å².